The molecule has 0 amide bonds. The zero-order chi connectivity index (χ0) is 19.4. The highest BCUT2D eigenvalue weighted by Crippen LogP contribution is 2.37. The molecule has 0 unspecified atom stereocenters. The average Bonchev–Trinajstić information content (AvgIpc) is 2.70. The minimum absolute atomic E-state index is 0.0839. The normalized spacial score (nSPS) is 13.9. The highest BCUT2D eigenvalue weighted by molar-refractivity contribution is 6.31. The zero-order valence-corrected chi connectivity index (χ0v) is 16.1. The molecule has 142 valence electrons. The van der Waals surface area contributed by atoms with Gasteiger partial charge in [-0.05, 0) is 23.3 Å². The summed E-state index contributed by atoms with van der Waals surface area (Å²) in [5.74, 6) is -0.279. The Hall–Kier alpha value is -2.41. The summed E-state index contributed by atoms with van der Waals surface area (Å²) in [6, 6.07) is 11.6. The fourth-order valence-corrected chi connectivity index (χ4v) is 3.25. The smallest absolute Gasteiger partial charge is 0.278 e. The van der Waals surface area contributed by atoms with Gasteiger partial charge in [0.25, 0.3) is 5.56 Å². The van der Waals surface area contributed by atoms with E-state index in [2.05, 4.69) is 10.4 Å². The van der Waals surface area contributed by atoms with Crippen LogP contribution >= 0.6 is 11.6 Å². The van der Waals surface area contributed by atoms with E-state index < -0.39 is 0 Å². The van der Waals surface area contributed by atoms with Crippen molar-refractivity contribution in [3.05, 3.63) is 57.5 Å². The van der Waals surface area contributed by atoms with E-state index in [0.29, 0.717) is 5.56 Å². The van der Waals surface area contributed by atoms with Crippen LogP contribution in [-0.4, -0.2) is 41.2 Å². The Morgan fingerprint density at radius 2 is 1.85 bits per heavy atom. The van der Waals surface area contributed by atoms with Gasteiger partial charge in [0.1, 0.15) is 0 Å². The van der Waals surface area contributed by atoms with Gasteiger partial charge in [-0.2, -0.15) is 5.10 Å². The summed E-state index contributed by atoms with van der Waals surface area (Å²) in [7, 11) is 1.51. The lowest BCUT2D eigenvalue weighted by Gasteiger charge is -2.13. The van der Waals surface area contributed by atoms with Gasteiger partial charge in [0, 0.05) is 25.7 Å². The molecular weight excluding hydrogens is 366 g/mol. The number of halogens is 1. The van der Waals surface area contributed by atoms with E-state index in [9.17, 15) is 9.90 Å². The molecule has 6 nitrogen and oxygen atoms in total. The topological polar surface area (TPSA) is 76.4 Å². The number of nitrogens with zero attached hydrogens (tertiary/aromatic N) is 2. The highest BCUT2D eigenvalue weighted by atomic mass is 35.5. The molecule has 4 rings (SSSR count). The number of fused-ring (bicyclic) bond motifs is 1. The first-order chi connectivity index (χ1) is 13.0. The molecule has 0 atom stereocenters. The third-order valence-electron chi connectivity index (χ3n) is 4.41. The highest BCUT2D eigenvalue weighted by Gasteiger charge is 2.19. The molecule has 2 heterocycles. The molecule has 0 aliphatic carbocycles. The number of aryl methyl sites for hydroxylation is 2. The first-order valence-corrected chi connectivity index (χ1v) is 9.11. The predicted octanol–water partition coefficient (Wildman–Crippen LogP) is 2.87. The van der Waals surface area contributed by atoms with Crippen molar-refractivity contribution in [2.45, 2.75) is 6.92 Å². The number of aromatic nitrogens is 2. The molecule has 0 spiro atoms. The Morgan fingerprint density at radius 1 is 1.15 bits per heavy atom. The van der Waals surface area contributed by atoms with Crippen LogP contribution in [0.4, 0.5) is 0 Å². The van der Waals surface area contributed by atoms with E-state index in [0.717, 1.165) is 47.3 Å². The second-order valence-corrected chi connectivity index (χ2v) is 6.64. The molecule has 0 saturated carbocycles. The monoisotopic (exact) mass is 387 g/mol. The molecule has 1 fully saturated rings. The fourth-order valence-electron chi connectivity index (χ4n) is 3.04. The number of morpholine rings is 1. The molecule has 1 aliphatic rings. The second kappa shape index (κ2) is 8.52. The Balaban J connectivity index is 0.000000299. The van der Waals surface area contributed by atoms with Gasteiger partial charge in [0.15, 0.2) is 10.9 Å². The maximum Gasteiger partial charge on any atom is 0.278 e. The summed E-state index contributed by atoms with van der Waals surface area (Å²) in [6.07, 6.45) is 0. The van der Waals surface area contributed by atoms with Gasteiger partial charge in [0.05, 0.1) is 18.8 Å². The van der Waals surface area contributed by atoms with Gasteiger partial charge in [-0.15, -0.1) is 0 Å². The van der Waals surface area contributed by atoms with E-state index in [1.54, 1.807) is 0 Å². The summed E-state index contributed by atoms with van der Waals surface area (Å²) in [4.78, 5) is 12.4. The van der Waals surface area contributed by atoms with Gasteiger partial charge in [-0.3, -0.25) is 4.79 Å². The molecule has 1 aromatic heterocycles. The van der Waals surface area contributed by atoms with Gasteiger partial charge in [-0.25, -0.2) is 4.68 Å². The molecular formula is C20H22ClN3O3. The largest absolute Gasteiger partial charge is 0.504 e. The van der Waals surface area contributed by atoms with Crippen molar-refractivity contribution in [1.82, 2.24) is 15.1 Å². The number of hydrogen-bond donors (Lipinski definition) is 2. The second-order valence-electron chi connectivity index (χ2n) is 6.28. The minimum atomic E-state index is -0.378. The summed E-state index contributed by atoms with van der Waals surface area (Å²) in [6.45, 7) is 5.73. The van der Waals surface area contributed by atoms with Gasteiger partial charge < -0.3 is 15.2 Å². The first kappa shape index (κ1) is 19.4. The molecule has 3 aromatic rings. The van der Waals surface area contributed by atoms with Crippen molar-refractivity contribution in [3.63, 3.8) is 0 Å². The van der Waals surface area contributed by atoms with Crippen molar-refractivity contribution in [2.24, 2.45) is 7.05 Å². The van der Waals surface area contributed by atoms with E-state index in [1.807, 2.05) is 43.3 Å². The van der Waals surface area contributed by atoms with Crippen LogP contribution in [0.3, 0.4) is 0 Å². The maximum absolute atomic E-state index is 12.4. The number of hydrogen-bond acceptors (Lipinski definition) is 5. The van der Waals surface area contributed by atoms with E-state index in [-0.39, 0.29) is 22.0 Å². The minimum Gasteiger partial charge on any atom is -0.504 e. The average molecular weight is 388 g/mol. The molecule has 2 aromatic carbocycles. The van der Waals surface area contributed by atoms with Gasteiger partial charge in [0.2, 0.25) is 0 Å². The van der Waals surface area contributed by atoms with Crippen LogP contribution in [-0.2, 0) is 11.8 Å². The van der Waals surface area contributed by atoms with Crippen LogP contribution in [0.15, 0.2) is 41.2 Å². The Kier molecular flexibility index (Phi) is 6.11. The Morgan fingerprint density at radius 3 is 2.48 bits per heavy atom. The van der Waals surface area contributed by atoms with Crippen LogP contribution in [0, 0.1) is 6.92 Å². The van der Waals surface area contributed by atoms with Crippen LogP contribution in [0.1, 0.15) is 5.56 Å². The van der Waals surface area contributed by atoms with E-state index in [4.69, 9.17) is 16.3 Å². The standard InChI is InChI=1S/C16H13ClN2O2.C4H9NO/c1-9-7-8-10-5-3-4-6-11(10)12(9)13-14(20)15(17)18-19(2)16(13)21;1-3-6-4-2-5-1/h3-8,20H,1-2H3;5H,1-4H2. The van der Waals surface area contributed by atoms with Crippen molar-refractivity contribution < 1.29 is 9.84 Å². The van der Waals surface area contributed by atoms with Crippen LogP contribution < -0.4 is 10.9 Å². The molecule has 0 radical (unpaired) electrons. The fraction of sp³-hybridized carbons (Fsp3) is 0.300. The van der Waals surface area contributed by atoms with Crippen molar-refractivity contribution in [3.8, 4) is 16.9 Å². The van der Waals surface area contributed by atoms with Crippen LogP contribution in [0.25, 0.3) is 21.9 Å². The lowest BCUT2D eigenvalue weighted by atomic mass is 9.94. The van der Waals surface area contributed by atoms with E-state index >= 15 is 0 Å². The van der Waals surface area contributed by atoms with Crippen molar-refractivity contribution >= 4 is 22.4 Å². The Labute approximate surface area is 162 Å². The molecule has 27 heavy (non-hydrogen) atoms. The summed E-state index contributed by atoms with van der Waals surface area (Å²) in [5.41, 5.74) is 1.39. The van der Waals surface area contributed by atoms with E-state index in [1.165, 1.54) is 7.05 Å². The van der Waals surface area contributed by atoms with Gasteiger partial charge >= 0.3 is 0 Å². The third-order valence-corrected chi connectivity index (χ3v) is 4.67. The molecule has 7 heteroatoms. The van der Waals surface area contributed by atoms with Crippen molar-refractivity contribution in [2.75, 3.05) is 26.3 Å². The lowest BCUT2D eigenvalue weighted by molar-refractivity contribution is 0.109. The predicted molar refractivity (Wildman–Crippen MR) is 108 cm³/mol. The summed E-state index contributed by atoms with van der Waals surface area (Å²) < 4.78 is 6.14. The van der Waals surface area contributed by atoms with Gasteiger partial charge in [-0.1, -0.05) is 48.0 Å². The SMILES string of the molecule is C1COCCN1.Cc1ccc2ccccc2c1-c1c(O)c(Cl)nn(C)c1=O. The molecule has 2 N–H and O–H groups in total. The quantitative estimate of drug-likeness (QED) is 0.671. The number of nitrogens with one attached hydrogen (secondary N) is 1. The number of rotatable bonds is 1. The summed E-state index contributed by atoms with van der Waals surface area (Å²) >= 11 is 5.92. The molecule has 0 bridgehead atoms. The maximum atomic E-state index is 12.4. The van der Waals surface area contributed by atoms with Crippen molar-refractivity contribution in [1.29, 1.82) is 0 Å². The van der Waals surface area contributed by atoms with Crippen LogP contribution in [0.5, 0.6) is 5.75 Å². The number of benzene rings is 2. The Bertz CT molecular complexity index is 1000. The molecule has 1 aliphatic heterocycles. The number of ether oxygens (including phenoxy) is 1. The third kappa shape index (κ3) is 4.13. The lowest BCUT2D eigenvalue weighted by Crippen LogP contribution is -2.30. The molecule has 1 saturated heterocycles. The zero-order valence-electron chi connectivity index (χ0n) is 15.3. The van der Waals surface area contributed by atoms with Crippen LogP contribution in [0.2, 0.25) is 5.15 Å². The first-order valence-electron chi connectivity index (χ1n) is 8.73. The number of aromatic hydroxyl groups is 1. The summed E-state index contributed by atoms with van der Waals surface area (Å²) in [5, 5.41) is 19.0.